The summed E-state index contributed by atoms with van der Waals surface area (Å²) >= 11 is 0. The molecule has 3 aromatic rings. The average Bonchev–Trinajstić information content (AvgIpc) is 3.15. The minimum Gasteiger partial charge on any atom is -0.492 e. The molecular formula is C19H20N4O4S. The molecule has 0 fully saturated rings. The molecule has 0 saturated carbocycles. The number of sulfonamides is 1. The third kappa shape index (κ3) is 5.66. The standard InChI is InChI=1S/C19H20N4O4S/c20-28(25,26)18-7-5-15(6-8-18)13-19(24)22-16-3-1-4-17(14-16)27-12-11-23-10-2-9-21-23/h1-10,14H,11-13H2,(H,22,24)(H2,20,25,26). The molecule has 0 bridgehead atoms. The zero-order chi connectivity index (χ0) is 20.0. The number of hydrogen-bond acceptors (Lipinski definition) is 5. The summed E-state index contributed by atoms with van der Waals surface area (Å²) < 4.78 is 30.0. The molecule has 1 amide bonds. The van der Waals surface area contributed by atoms with Crippen molar-refractivity contribution in [2.45, 2.75) is 17.9 Å². The van der Waals surface area contributed by atoms with E-state index in [0.29, 0.717) is 30.2 Å². The van der Waals surface area contributed by atoms with Crippen LogP contribution in [0.5, 0.6) is 5.75 Å². The highest BCUT2D eigenvalue weighted by Crippen LogP contribution is 2.18. The number of nitrogens with zero attached hydrogens (tertiary/aromatic N) is 2. The molecule has 8 nitrogen and oxygen atoms in total. The van der Waals surface area contributed by atoms with Crippen LogP contribution in [0.2, 0.25) is 0 Å². The Morgan fingerprint density at radius 3 is 2.61 bits per heavy atom. The van der Waals surface area contributed by atoms with E-state index >= 15 is 0 Å². The van der Waals surface area contributed by atoms with Gasteiger partial charge in [0.1, 0.15) is 12.4 Å². The van der Waals surface area contributed by atoms with E-state index in [9.17, 15) is 13.2 Å². The molecule has 28 heavy (non-hydrogen) atoms. The smallest absolute Gasteiger partial charge is 0.238 e. The van der Waals surface area contributed by atoms with E-state index in [1.807, 2.05) is 18.3 Å². The van der Waals surface area contributed by atoms with Crippen molar-refractivity contribution in [3.8, 4) is 5.75 Å². The highest BCUT2D eigenvalue weighted by molar-refractivity contribution is 7.89. The second-order valence-electron chi connectivity index (χ2n) is 6.06. The molecule has 1 aromatic heterocycles. The van der Waals surface area contributed by atoms with E-state index in [1.165, 1.54) is 12.1 Å². The van der Waals surface area contributed by atoms with Crippen molar-refractivity contribution in [1.29, 1.82) is 0 Å². The number of rotatable bonds is 8. The van der Waals surface area contributed by atoms with Crippen LogP contribution in [0.4, 0.5) is 5.69 Å². The second-order valence-corrected chi connectivity index (χ2v) is 7.62. The lowest BCUT2D eigenvalue weighted by molar-refractivity contribution is -0.115. The Kier molecular flexibility index (Phi) is 6.07. The highest BCUT2D eigenvalue weighted by Gasteiger charge is 2.09. The molecular weight excluding hydrogens is 380 g/mol. The third-order valence-corrected chi connectivity index (χ3v) is 4.81. The van der Waals surface area contributed by atoms with Gasteiger partial charge in [-0.25, -0.2) is 13.6 Å². The van der Waals surface area contributed by atoms with Crippen LogP contribution in [0, 0.1) is 0 Å². The molecule has 0 unspecified atom stereocenters. The van der Waals surface area contributed by atoms with Gasteiger partial charge in [0.05, 0.1) is 17.9 Å². The van der Waals surface area contributed by atoms with Gasteiger partial charge in [-0.1, -0.05) is 18.2 Å². The van der Waals surface area contributed by atoms with Crippen LogP contribution in [0.1, 0.15) is 5.56 Å². The van der Waals surface area contributed by atoms with Crippen LogP contribution in [0.25, 0.3) is 0 Å². The van der Waals surface area contributed by atoms with Crippen molar-refractivity contribution in [2.24, 2.45) is 5.14 Å². The van der Waals surface area contributed by atoms with Gasteiger partial charge in [-0.05, 0) is 35.9 Å². The maximum Gasteiger partial charge on any atom is 0.238 e. The number of nitrogens with two attached hydrogens (primary N) is 1. The second kappa shape index (κ2) is 8.68. The third-order valence-electron chi connectivity index (χ3n) is 3.88. The molecule has 3 rings (SSSR count). The van der Waals surface area contributed by atoms with Crippen molar-refractivity contribution >= 4 is 21.6 Å². The normalized spacial score (nSPS) is 11.2. The number of carbonyl (C=O) groups excluding carboxylic acids is 1. The molecule has 1 heterocycles. The Hall–Kier alpha value is -3.17. The van der Waals surface area contributed by atoms with Gasteiger partial charge >= 0.3 is 0 Å². The first-order chi connectivity index (χ1) is 13.4. The first-order valence-electron chi connectivity index (χ1n) is 8.52. The monoisotopic (exact) mass is 400 g/mol. The van der Waals surface area contributed by atoms with Crippen LogP contribution < -0.4 is 15.2 Å². The molecule has 0 spiro atoms. The van der Waals surface area contributed by atoms with Crippen molar-refractivity contribution in [1.82, 2.24) is 9.78 Å². The number of primary sulfonamides is 1. The zero-order valence-corrected chi connectivity index (χ0v) is 15.8. The molecule has 0 aliphatic rings. The van der Waals surface area contributed by atoms with Crippen molar-refractivity contribution in [2.75, 3.05) is 11.9 Å². The van der Waals surface area contributed by atoms with E-state index in [2.05, 4.69) is 10.4 Å². The Morgan fingerprint density at radius 2 is 1.93 bits per heavy atom. The minimum atomic E-state index is -3.74. The molecule has 9 heteroatoms. The van der Waals surface area contributed by atoms with Crippen LogP contribution >= 0.6 is 0 Å². The zero-order valence-electron chi connectivity index (χ0n) is 15.0. The van der Waals surface area contributed by atoms with Gasteiger partial charge in [-0.2, -0.15) is 5.10 Å². The number of amides is 1. The van der Waals surface area contributed by atoms with Crippen LogP contribution in [-0.2, 0) is 27.8 Å². The van der Waals surface area contributed by atoms with Crippen molar-refractivity contribution < 1.29 is 17.9 Å². The molecule has 0 saturated heterocycles. The summed E-state index contributed by atoms with van der Waals surface area (Å²) in [5, 5.41) is 12.0. The van der Waals surface area contributed by atoms with Gasteiger partial charge in [-0.3, -0.25) is 9.48 Å². The maximum atomic E-state index is 12.2. The summed E-state index contributed by atoms with van der Waals surface area (Å²) in [5.41, 5.74) is 1.29. The molecule has 2 aromatic carbocycles. The molecule has 0 radical (unpaired) electrons. The predicted molar refractivity (Wildman–Crippen MR) is 104 cm³/mol. The van der Waals surface area contributed by atoms with E-state index in [-0.39, 0.29) is 17.2 Å². The minimum absolute atomic E-state index is 0.0108. The number of anilines is 1. The number of hydrogen-bond donors (Lipinski definition) is 2. The fraction of sp³-hybridized carbons (Fsp3) is 0.158. The number of benzene rings is 2. The number of carbonyl (C=O) groups is 1. The van der Waals surface area contributed by atoms with E-state index < -0.39 is 10.0 Å². The lowest BCUT2D eigenvalue weighted by atomic mass is 10.1. The first kappa shape index (κ1) is 19.6. The lowest BCUT2D eigenvalue weighted by Crippen LogP contribution is -2.15. The molecule has 0 aliphatic heterocycles. The predicted octanol–water partition coefficient (Wildman–Crippen LogP) is 1.79. The average molecular weight is 400 g/mol. The number of nitrogens with one attached hydrogen (secondary N) is 1. The molecule has 146 valence electrons. The van der Waals surface area contributed by atoms with Crippen LogP contribution in [0.3, 0.4) is 0 Å². The topological polar surface area (TPSA) is 116 Å². The summed E-state index contributed by atoms with van der Waals surface area (Å²) in [5.74, 6) is 0.416. The fourth-order valence-corrected chi connectivity index (χ4v) is 3.06. The van der Waals surface area contributed by atoms with Crippen molar-refractivity contribution in [3.05, 3.63) is 72.6 Å². The van der Waals surface area contributed by atoms with E-state index in [1.54, 1.807) is 41.2 Å². The summed E-state index contributed by atoms with van der Waals surface area (Å²) in [6, 6.07) is 14.8. The number of aromatic nitrogens is 2. The quantitative estimate of drug-likeness (QED) is 0.598. The number of ether oxygens (including phenoxy) is 1. The Balaban J connectivity index is 1.53. The summed E-state index contributed by atoms with van der Waals surface area (Å²) in [4.78, 5) is 12.2. The Labute approximate surface area is 163 Å². The highest BCUT2D eigenvalue weighted by atomic mass is 32.2. The molecule has 3 N–H and O–H groups in total. The summed E-state index contributed by atoms with van der Waals surface area (Å²) in [6.45, 7) is 1.08. The Bertz CT molecular complexity index is 1030. The van der Waals surface area contributed by atoms with Gasteiger partial charge in [0, 0.05) is 24.1 Å². The van der Waals surface area contributed by atoms with Gasteiger partial charge in [-0.15, -0.1) is 0 Å². The van der Waals surface area contributed by atoms with Crippen molar-refractivity contribution in [3.63, 3.8) is 0 Å². The van der Waals surface area contributed by atoms with Crippen LogP contribution in [0.15, 0.2) is 71.9 Å². The maximum absolute atomic E-state index is 12.2. The lowest BCUT2D eigenvalue weighted by Gasteiger charge is -2.10. The van der Waals surface area contributed by atoms with Gasteiger partial charge in [0.15, 0.2) is 0 Å². The van der Waals surface area contributed by atoms with Gasteiger partial charge in [0.2, 0.25) is 15.9 Å². The first-order valence-corrected chi connectivity index (χ1v) is 10.1. The van der Waals surface area contributed by atoms with E-state index in [0.717, 1.165) is 0 Å². The Morgan fingerprint density at radius 1 is 1.14 bits per heavy atom. The van der Waals surface area contributed by atoms with Gasteiger partial charge < -0.3 is 10.1 Å². The summed E-state index contributed by atoms with van der Waals surface area (Å²) in [7, 11) is -3.74. The SMILES string of the molecule is NS(=O)(=O)c1ccc(CC(=O)Nc2cccc(OCCn3cccn3)c2)cc1. The van der Waals surface area contributed by atoms with E-state index in [4.69, 9.17) is 9.88 Å². The summed E-state index contributed by atoms with van der Waals surface area (Å²) in [6.07, 6.45) is 3.67. The molecule has 0 aliphatic carbocycles. The largest absolute Gasteiger partial charge is 0.492 e. The van der Waals surface area contributed by atoms with Gasteiger partial charge in [0.25, 0.3) is 0 Å². The molecule has 0 atom stereocenters. The fourth-order valence-electron chi connectivity index (χ4n) is 2.54. The van der Waals surface area contributed by atoms with Crippen LogP contribution in [-0.4, -0.2) is 30.7 Å².